The van der Waals surface area contributed by atoms with Gasteiger partial charge in [0.1, 0.15) is 0 Å². The number of amides is 2. The normalized spacial score (nSPS) is 30.9. The molecule has 0 radical (unpaired) electrons. The lowest BCUT2D eigenvalue weighted by Gasteiger charge is -2.37. The number of carboxylic acid groups (broad SMARTS) is 1. The van der Waals surface area contributed by atoms with Gasteiger partial charge in [-0.05, 0) is 39.0 Å². The Morgan fingerprint density at radius 2 is 2.15 bits per heavy atom. The van der Waals surface area contributed by atoms with Gasteiger partial charge in [-0.25, -0.2) is 4.79 Å². The Labute approximate surface area is 119 Å². The van der Waals surface area contributed by atoms with Crippen molar-refractivity contribution in [2.75, 3.05) is 13.2 Å². The quantitative estimate of drug-likeness (QED) is 0.825. The fraction of sp³-hybridized carbons (Fsp3) is 0.857. The molecule has 2 heterocycles. The van der Waals surface area contributed by atoms with Crippen LogP contribution >= 0.6 is 0 Å². The summed E-state index contributed by atoms with van der Waals surface area (Å²) >= 11 is 0. The first kappa shape index (κ1) is 15.1. The molecule has 0 bridgehead atoms. The van der Waals surface area contributed by atoms with Crippen molar-refractivity contribution < 1.29 is 19.4 Å². The van der Waals surface area contributed by atoms with E-state index in [9.17, 15) is 9.59 Å². The lowest BCUT2D eigenvalue weighted by molar-refractivity contribution is -0.138. The van der Waals surface area contributed by atoms with E-state index >= 15 is 0 Å². The molecule has 2 saturated heterocycles. The average Bonchev–Trinajstić information content (AvgIpc) is 2.38. The van der Waals surface area contributed by atoms with Crippen LogP contribution < -0.4 is 5.32 Å². The predicted octanol–water partition coefficient (Wildman–Crippen LogP) is 1.59. The van der Waals surface area contributed by atoms with Crippen LogP contribution in [0.4, 0.5) is 4.79 Å². The number of nitrogens with one attached hydrogen (secondary N) is 1. The molecule has 2 aliphatic heterocycles. The van der Waals surface area contributed by atoms with Gasteiger partial charge in [-0.1, -0.05) is 0 Å². The number of nitrogens with zero attached hydrogens (tertiary/aromatic N) is 1. The first-order valence-electron chi connectivity index (χ1n) is 7.47. The summed E-state index contributed by atoms with van der Waals surface area (Å²) in [5.74, 6) is -0.839. The summed E-state index contributed by atoms with van der Waals surface area (Å²) in [6, 6.07) is -0.146. The zero-order chi connectivity index (χ0) is 14.5. The van der Waals surface area contributed by atoms with Crippen LogP contribution in [-0.4, -0.2) is 53.3 Å². The molecule has 0 aliphatic carbocycles. The first-order valence-corrected chi connectivity index (χ1v) is 7.47. The maximum absolute atomic E-state index is 12.3. The van der Waals surface area contributed by atoms with E-state index < -0.39 is 5.97 Å². The Morgan fingerprint density at radius 3 is 2.85 bits per heavy atom. The Morgan fingerprint density at radius 1 is 1.35 bits per heavy atom. The Kier molecular flexibility index (Phi) is 5.23. The van der Waals surface area contributed by atoms with Crippen LogP contribution in [0.3, 0.4) is 0 Å². The van der Waals surface area contributed by atoms with Crippen molar-refractivity contribution in [2.45, 2.75) is 63.6 Å². The number of urea groups is 1. The van der Waals surface area contributed by atoms with Crippen LogP contribution in [0.5, 0.6) is 0 Å². The number of likely N-dealkylation sites (tertiary alicyclic amines) is 1. The number of carbonyl (C=O) groups is 2. The summed E-state index contributed by atoms with van der Waals surface area (Å²) in [4.78, 5) is 24.9. The summed E-state index contributed by atoms with van der Waals surface area (Å²) in [5, 5.41) is 12.0. The van der Waals surface area contributed by atoms with Gasteiger partial charge in [0.05, 0.1) is 12.5 Å². The van der Waals surface area contributed by atoms with Crippen LogP contribution in [0, 0.1) is 0 Å². The number of hydrogen-bond donors (Lipinski definition) is 2. The number of rotatable bonds is 3. The van der Waals surface area contributed by atoms with E-state index in [1.54, 1.807) is 4.90 Å². The summed E-state index contributed by atoms with van der Waals surface area (Å²) in [5.41, 5.74) is 0. The number of ether oxygens (including phenoxy) is 1. The molecule has 0 spiro atoms. The summed E-state index contributed by atoms with van der Waals surface area (Å²) < 4.78 is 5.47. The Bertz CT molecular complexity index is 361. The molecule has 114 valence electrons. The molecular weight excluding hydrogens is 260 g/mol. The maximum atomic E-state index is 12.3. The number of carbonyl (C=O) groups excluding carboxylic acids is 1. The van der Waals surface area contributed by atoms with Crippen molar-refractivity contribution in [1.82, 2.24) is 10.2 Å². The fourth-order valence-corrected chi connectivity index (χ4v) is 3.07. The second-order valence-electron chi connectivity index (χ2n) is 5.79. The van der Waals surface area contributed by atoms with E-state index in [0.717, 1.165) is 32.1 Å². The molecule has 0 saturated carbocycles. The van der Waals surface area contributed by atoms with Gasteiger partial charge in [0.2, 0.25) is 0 Å². The van der Waals surface area contributed by atoms with E-state index in [0.29, 0.717) is 13.2 Å². The molecular formula is C14H24N2O4. The van der Waals surface area contributed by atoms with E-state index in [1.165, 1.54) is 0 Å². The van der Waals surface area contributed by atoms with E-state index in [2.05, 4.69) is 5.32 Å². The van der Waals surface area contributed by atoms with Crippen molar-refractivity contribution >= 4 is 12.0 Å². The van der Waals surface area contributed by atoms with Crippen molar-refractivity contribution in [3.8, 4) is 0 Å². The van der Waals surface area contributed by atoms with Crippen molar-refractivity contribution in [3.05, 3.63) is 0 Å². The molecule has 0 aromatic heterocycles. The molecule has 2 aliphatic rings. The van der Waals surface area contributed by atoms with Crippen molar-refractivity contribution in [3.63, 3.8) is 0 Å². The van der Waals surface area contributed by atoms with Gasteiger partial charge in [-0.15, -0.1) is 0 Å². The minimum atomic E-state index is -0.839. The van der Waals surface area contributed by atoms with Gasteiger partial charge in [0.25, 0.3) is 0 Å². The zero-order valence-electron chi connectivity index (χ0n) is 12.0. The summed E-state index contributed by atoms with van der Waals surface area (Å²) in [6.07, 6.45) is 4.59. The van der Waals surface area contributed by atoms with Gasteiger partial charge < -0.3 is 20.1 Å². The monoisotopic (exact) mass is 284 g/mol. The van der Waals surface area contributed by atoms with Crippen molar-refractivity contribution in [1.29, 1.82) is 0 Å². The predicted molar refractivity (Wildman–Crippen MR) is 73.6 cm³/mol. The SMILES string of the molecule is CC1CC(NC(=O)N2CCCCC2CC(=O)O)CCO1. The fourth-order valence-electron chi connectivity index (χ4n) is 3.07. The second-order valence-corrected chi connectivity index (χ2v) is 5.79. The molecule has 0 aromatic carbocycles. The minimum absolute atomic E-state index is 0.0393. The highest BCUT2D eigenvalue weighted by atomic mass is 16.5. The van der Waals surface area contributed by atoms with Gasteiger partial charge in [-0.2, -0.15) is 0 Å². The van der Waals surface area contributed by atoms with Gasteiger partial charge in [0.15, 0.2) is 0 Å². The second kappa shape index (κ2) is 6.92. The molecule has 2 amide bonds. The van der Waals surface area contributed by atoms with Crippen LogP contribution in [0.1, 0.15) is 45.4 Å². The van der Waals surface area contributed by atoms with E-state index in [1.807, 2.05) is 6.92 Å². The lowest BCUT2D eigenvalue weighted by Crippen LogP contribution is -2.53. The molecule has 2 rings (SSSR count). The third-order valence-electron chi connectivity index (χ3n) is 4.11. The standard InChI is InChI=1S/C14H24N2O4/c1-10-8-11(5-7-20-10)15-14(19)16-6-3-2-4-12(16)9-13(17)18/h10-12H,2-9H2,1H3,(H,15,19)(H,17,18). The molecule has 20 heavy (non-hydrogen) atoms. The van der Waals surface area contributed by atoms with Crippen LogP contribution in [0.15, 0.2) is 0 Å². The zero-order valence-corrected chi connectivity index (χ0v) is 12.0. The molecule has 3 atom stereocenters. The van der Waals surface area contributed by atoms with Gasteiger partial charge >= 0.3 is 12.0 Å². The molecule has 6 nitrogen and oxygen atoms in total. The molecule has 2 N–H and O–H groups in total. The molecule has 0 aromatic rings. The highest BCUT2D eigenvalue weighted by molar-refractivity contribution is 5.76. The summed E-state index contributed by atoms with van der Waals surface area (Å²) in [6.45, 7) is 3.33. The lowest BCUT2D eigenvalue weighted by atomic mass is 9.99. The van der Waals surface area contributed by atoms with Crippen LogP contribution in [-0.2, 0) is 9.53 Å². The topological polar surface area (TPSA) is 78.9 Å². The largest absolute Gasteiger partial charge is 0.481 e. The van der Waals surface area contributed by atoms with Crippen LogP contribution in [0.2, 0.25) is 0 Å². The Balaban J connectivity index is 1.90. The first-order chi connectivity index (χ1) is 9.56. The number of piperidine rings is 1. The van der Waals surface area contributed by atoms with Gasteiger partial charge in [0, 0.05) is 25.2 Å². The van der Waals surface area contributed by atoms with Crippen molar-refractivity contribution in [2.24, 2.45) is 0 Å². The molecule has 6 heteroatoms. The smallest absolute Gasteiger partial charge is 0.317 e. The minimum Gasteiger partial charge on any atom is -0.481 e. The third kappa shape index (κ3) is 4.10. The molecule has 2 fully saturated rings. The maximum Gasteiger partial charge on any atom is 0.317 e. The Hall–Kier alpha value is -1.30. The summed E-state index contributed by atoms with van der Waals surface area (Å²) in [7, 11) is 0. The number of aliphatic carboxylic acids is 1. The van der Waals surface area contributed by atoms with Crippen LogP contribution in [0.25, 0.3) is 0 Å². The average molecular weight is 284 g/mol. The van der Waals surface area contributed by atoms with Gasteiger partial charge in [-0.3, -0.25) is 4.79 Å². The molecule has 3 unspecified atom stereocenters. The van der Waals surface area contributed by atoms with E-state index in [4.69, 9.17) is 9.84 Å². The highest BCUT2D eigenvalue weighted by Crippen LogP contribution is 2.21. The van der Waals surface area contributed by atoms with E-state index in [-0.39, 0.29) is 30.6 Å². The highest BCUT2D eigenvalue weighted by Gasteiger charge is 2.30. The number of hydrogen-bond acceptors (Lipinski definition) is 3. The number of carboxylic acids is 1. The third-order valence-corrected chi connectivity index (χ3v) is 4.11.